The van der Waals surface area contributed by atoms with Crippen molar-refractivity contribution < 1.29 is 23.8 Å². The van der Waals surface area contributed by atoms with Crippen molar-refractivity contribution >= 4 is 11.9 Å². The van der Waals surface area contributed by atoms with Crippen LogP contribution in [0.2, 0.25) is 0 Å². The lowest BCUT2D eigenvalue weighted by Crippen LogP contribution is -2.53. The van der Waals surface area contributed by atoms with Gasteiger partial charge in [0.25, 0.3) is 0 Å². The van der Waals surface area contributed by atoms with Gasteiger partial charge in [-0.2, -0.15) is 0 Å². The molecule has 88 valence electrons. The molecular formula is C11H14O5. The van der Waals surface area contributed by atoms with Gasteiger partial charge in [0, 0.05) is 6.92 Å². The number of hydrogen-bond acceptors (Lipinski definition) is 5. The summed E-state index contributed by atoms with van der Waals surface area (Å²) in [5.74, 6) is -0.706. The Kier molecular flexibility index (Phi) is 1.87. The fraction of sp³-hybridized carbons (Fsp3) is 0.818. The van der Waals surface area contributed by atoms with Crippen molar-refractivity contribution in [2.45, 2.75) is 50.6 Å². The summed E-state index contributed by atoms with van der Waals surface area (Å²) >= 11 is 0. The van der Waals surface area contributed by atoms with E-state index in [0.717, 1.165) is 0 Å². The Morgan fingerprint density at radius 1 is 1.62 bits per heavy atom. The molecule has 0 aromatic heterocycles. The smallest absolute Gasteiger partial charge is 0.312 e. The van der Waals surface area contributed by atoms with Gasteiger partial charge in [0.2, 0.25) is 0 Å². The zero-order valence-corrected chi connectivity index (χ0v) is 9.26. The third-order valence-corrected chi connectivity index (χ3v) is 3.94. The van der Waals surface area contributed by atoms with Crippen LogP contribution in [0.1, 0.15) is 26.7 Å². The Morgan fingerprint density at radius 3 is 3.00 bits per heavy atom. The van der Waals surface area contributed by atoms with Gasteiger partial charge >= 0.3 is 11.9 Å². The van der Waals surface area contributed by atoms with Gasteiger partial charge in [0.15, 0.2) is 11.7 Å². The van der Waals surface area contributed by atoms with E-state index in [2.05, 4.69) is 0 Å². The van der Waals surface area contributed by atoms with Gasteiger partial charge in [-0.05, 0) is 12.8 Å². The van der Waals surface area contributed by atoms with Gasteiger partial charge in [-0.25, -0.2) is 0 Å². The average Bonchev–Trinajstić information content (AvgIpc) is 2.81. The number of carbonyl (C=O) groups excluding carboxylic acids is 2. The van der Waals surface area contributed by atoms with Crippen molar-refractivity contribution in [2.24, 2.45) is 5.92 Å². The lowest BCUT2D eigenvalue weighted by Gasteiger charge is -2.35. The Bertz CT molecular complexity index is 365. The second-order valence-corrected chi connectivity index (χ2v) is 4.69. The Hall–Kier alpha value is -1.10. The molecule has 0 amide bonds. The van der Waals surface area contributed by atoms with Crippen molar-refractivity contribution in [2.75, 3.05) is 0 Å². The molecule has 5 atom stereocenters. The lowest BCUT2D eigenvalue weighted by atomic mass is 9.77. The molecular weight excluding hydrogens is 212 g/mol. The summed E-state index contributed by atoms with van der Waals surface area (Å²) in [5, 5.41) is 0. The summed E-state index contributed by atoms with van der Waals surface area (Å²) in [6, 6.07) is 0. The summed E-state index contributed by atoms with van der Waals surface area (Å²) in [4.78, 5) is 22.7. The zero-order chi connectivity index (χ0) is 11.5. The molecule has 5 heteroatoms. The fourth-order valence-corrected chi connectivity index (χ4v) is 3.27. The van der Waals surface area contributed by atoms with Gasteiger partial charge in [0.05, 0.1) is 5.92 Å². The summed E-state index contributed by atoms with van der Waals surface area (Å²) in [5.41, 5.74) is -0.751. The maximum atomic E-state index is 11.5. The van der Waals surface area contributed by atoms with Crippen LogP contribution in [0.3, 0.4) is 0 Å². The molecule has 3 fully saturated rings. The van der Waals surface area contributed by atoms with Gasteiger partial charge in [0.1, 0.15) is 12.2 Å². The second kappa shape index (κ2) is 2.97. The lowest BCUT2D eigenvalue weighted by molar-refractivity contribution is -0.178. The second-order valence-electron chi connectivity index (χ2n) is 4.69. The van der Waals surface area contributed by atoms with E-state index in [1.54, 1.807) is 0 Å². The molecule has 2 bridgehead atoms. The highest BCUT2D eigenvalue weighted by Gasteiger charge is 2.72. The highest BCUT2D eigenvalue weighted by atomic mass is 16.7. The minimum atomic E-state index is -0.751. The minimum Gasteiger partial charge on any atom is -0.455 e. The zero-order valence-electron chi connectivity index (χ0n) is 9.26. The van der Waals surface area contributed by atoms with Crippen LogP contribution in [0.4, 0.5) is 0 Å². The molecule has 3 saturated heterocycles. The monoisotopic (exact) mass is 226 g/mol. The maximum absolute atomic E-state index is 11.5. The first kappa shape index (κ1) is 10.1. The highest BCUT2D eigenvalue weighted by Crippen LogP contribution is 2.54. The molecule has 0 aromatic carbocycles. The molecule has 3 rings (SSSR count). The molecule has 3 aliphatic rings. The molecule has 0 spiro atoms. The van der Waals surface area contributed by atoms with E-state index in [-0.39, 0.29) is 30.1 Å². The van der Waals surface area contributed by atoms with Crippen LogP contribution in [0.15, 0.2) is 0 Å². The summed E-state index contributed by atoms with van der Waals surface area (Å²) < 4.78 is 16.4. The normalized spacial score (nSPS) is 48.2. The predicted molar refractivity (Wildman–Crippen MR) is 51.4 cm³/mol. The third-order valence-electron chi connectivity index (χ3n) is 3.94. The Balaban J connectivity index is 1.97. The molecule has 0 aromatic rings. The van der Waals surface area contributed by atoms with Gasteiger partial charge < -0.3 is 14.2 Å². The molecule has 16 heavy (non-hydrogen) atoms. The quantitative estimate of drug-likeness (QED) is 0.638. The van der Waals surface area contributed by atoms with Gasteiger partial charge in [-0.15, -0.1) is 0 Å². The standard InChI is InChI=1S/C11H14O5/c1-3-11(16-5(2)12)7-4-6-8(14-7)9(11)15-10(6)13/h6-9H,3-4H2,1-2H3. The number of hydrogen-bond donors (Lipinski definition) is 0. The van der Waals surface area contributed by atoms with Crippen molar-refractivity contribution in [3.05, 3.63) is 0 Å². The highest BCUT2D eigenvalue weighted by molar-refractivity contribution is 5.78. The van der Waals surface area contributed by atoms with E-state index >= 15 is 0 Å². The van der Waals surface area contributed by atoms with Crippen molar-refractivity contribution in [3.63, 3.8) is 0 Å². The van der Waals surface area contributed by atoms with E-state index in [1.807, 2.05) is 6.92 Å². The van der Waals surface area contributed by atoms with Gasteiger partial charge in [-0.3, -0.25) is 9.59 Å². The first-order valence-corrected chi connectivity index (χ1v) is 5.64. The molecule has 3 aliphatic heterocycles. The maximum Gasteiger partial charge on any atom is 0.312 e. The SMILES string of the molecule is CCC1(OC(C)=O)C2CC3C(=O)OC1C3O2. The van der Waals surface area contributed by atoms with Crippen LogP contribution in [-0.4, -0.2) is 35.9 Å². The fourth-order valence-electron chi connectivity index (χ4n) is 3.27. The number of carbonyl (C=O) groups is 2. The van der Waals surface area contributed by atoms with E-state index in [4.69, 9.17) is 14.2 Å². The number of rotatable bonds is 2. The molecule has 5 unspecified atom stereocenters. The first-order chi connectivity index (χ1) is 7.58. The van der Waals surface area contributed by atoms with Crippen LogP contribution in [0.5, 0.6) is 0 Å². The number of ether oxygens (including phenoxy) is 3. The van der Waals surface area contributed by atoms with E-state index in [9.17, 15) is 9.59 Å². The van der Waals surface area contributed by atoms with Gasteiger partial charge in [-0.1, -0.05) is 6.92 Å². The Morgan fingerprint density at radius 2 is 2.38 bits per heavy atom. The Labute approximate surface area is 93.0 Å². The van der Waals surface area contributed by atoms with Crippen LogP contribution >= 0.6 is 0 Å². The van der Waals surface area contributed by atoms with Crippen molar-refractivity contribution in [1.82, 2.24) is 0 Å². The topological polar surface area (TPSA) is 61.8 Å². The number of fused-ring (bicyclic) bond motifs is 1. The molecule has 0 saturated carbocycles. The number of esters is 2. The average molecular weight is 226 g/mol. The summed E-state index contributed by atoms with van der Waals surface area (Å²) in [6.07, 6.45) is 0.418. The molecule has 0 N–H and O–H groups in total. The van der Waals surface area contributed by atoms with Crippen LogP contribution < -0.4 is 0 Å². The van der Waals surface area contributed by atoms with Crippen LogP contribution in [-0.2, 0) is 23.8 Å². The van der Waals surface area contributed by atoms with E-state index in [0.29, 0.717) is 12.8 Å². The van der Waals surface area contributed by atoms with E-state index < -0.39 is 11.7 Å². The van der Waals surface area contributed by atoms with Crippen molar-refractivity contribution in [3.8, 4) is 0 Å². The largest absolute Gasteiger partial charge is 0.455 e. The first-order valence-electron chi connectivity index (χ1n) is 5.64. The third kappa shape index (κ3) is 0.993. The molecule has 3 heterocycles. The minimum absolute atomic E-state index is 0.148. The molecule has 5 nitrogen and oxygen atoms in total. The molecule has 0 aliphatic carbocycles. The predicted octanol–water partition coefficient (Wildman–Crippen LogP) is 0.411. The summed E-state index contributed by atoms with van der Waals surface area (Å²) in [6.45, 7) is 3.30. The van der Waals surface area contributed by atoms with Crippen LogP contribution in [0.25, 0.3) is 0 Å². The van der Waals surface area contributed by atoms with Crippen molar-refractivity contribution in [1.29, 1.82) is 0 Å². The summed E-state index contributed by atoms with van der Waals surface area (Å²) in [7, 11) is 0. The van der Waals surface area contributed by atoms with Crippen LogP contribution in [0, 0.1) is 5.92 Å². The molecule has 0 radical (unpaired) electrons. The van der Waals surface area contributed by atoms with E-state index in [1.165, 1.54) is 6.92 Å².